The maximum Gasteiger partial charge on any atom is 0.152 e. The monoisotopic (exact) mass is 189 g/mol. The van der Waals surface area contributed by atoms with Gasteiger partial charge in [-0.2, -0.15) is 0 Å². The zero-order valence-electron chi connectivity index (χ0n) is 8.82. The molecule has 0 aromatic heterocycles. The molecule has 0 unspecified atom stereocenters. The second kappa shape index (κ2) is 4.61. The number of benzene rings is 1. The molecule has 0 amide bonds. The van der Waals surface area contributed by atoms with E-state index in [0.29, 0.717) is 5.57 Å². The van der Waals surface area contributed by atoms with Crippen LogP contribution in [0, 0.1) is 6.92 Å². The fourth-order valence-corrected chi connectivity index (χ4v) is 1.20. The second-order valence-electron chi connectivity index (χ2n) is 3.53. The number of rotatable bonds is 3. The molecular weight excluding hydrogens is 174 g/mol. The van der Waals surface area contributed by atoms with Crippen LogP contribution >= 0.6 is 0 Å². The lowest BCUT2D eigenvalue weighted by atomic mass is 10.1. The molecule has 0 aliphatic carbocycles. The van der Waals surface area contributed by atoms with Gasteiger partial charge in [0.2, 0.25) is 0 Å². The lowest BCUT2D eigenvalue weighted by molar-refractivity contribution is -0.103. The topological polar surface area (TPSA) is 20.3 Å². The third kappa shape index (κ3) is 2.73. The molecule has 0 atom stereocenters. The first-order chi connectivity index (χ1) is 6.63. The zero-order chi connectivity index (χ0) is 10.6. The van der Waals surface area contributed by atoms with Crippen molar-refractivity contribution >= 4 is 11.9 Å². The fraction of sp³-hybridized carbons (Fsp3) is 0.250. The van der Waals surface area contributed by atoms with Gasteiger partial charge in [0.1, 0.15) is 0 Å². The Balaban J connectivity index is 3.01. The maximum atomic E-state index is 10.8. The van der Waals surface area contributed by atoms with E-state index in [9.17, 15) is 4.79 Å². The van der Waals surface area contributed by atoms with Crippen LogP contribution in [0.4, 0.5) is 0 Å². The summed E-state index contributed by atoms with van der Waals surface area (Å²) in [5.41, 5.74) is 2.86. The average Bonchev–Trinajstić information content (AvgIpc) is 2.15. The number of aryl methyl sites for hydroxylation is 1. The van der Waals surface area contributed by atoms with Gasteiger partial charge < -0.3 is 4.90 Å². The summed E-state index contributed by atoms with van der Waals surface area (Å²) in [6, 6.07) is 7.92. The lowest BCUT2D eigenvalue weighted by Gasteiger charge is -2.07. The molecule has 0 saturated carbocycles. The van der Waals surface area contributed by atoms with Gasteiger partial charge in [-0.05, 0) is 12.5 Å². The van der Waals surface area contributed by atoms with E-state index >= 15 is 0 Å². The van der Waals surface area contributed by atoms with Crippen molar-refractivity contribution in [3.05, 3.63) is 41.6 Å². The normalized spacial score (nSPS) is 11.2. The summed E-state index contributed by atoms with van der Waals surface area (Å²) in [4.78, 5) is 12.7. The summed E-state index contributed by atoms with van der Waals surface area (Å²) in [6.45, 7) is 2.03. The van der Waals surface area contributed by atoms with Crippen LogP contribution in [0.1, 0.15) is 11.1 Å². The molecule has 0 fully saturated rings. The molecule has 1 rings (SSSR count). The molecule has 0 spiro atoms. The van der Waals surface area contributed by atoms with Crippen LogP contribution in [0.5, 0.6) is 0 Å². The number of hydrogen-bond acceptors (Lipinski definition) is 2. The molecule has 1 aromatic rings. The van der Waals surface area contributed by atoms with Crippen molar-refractivity contribution in [3.63, 3.8) is 0 Å². The summed E-state index contributed by atoms with van der Waals surface area (Å²) in [5, 5.41) is 0. The molecule has 74 valence electrons. The number of carbonyl (C=O) groups is 1. The predicted molar refractivity (Wildman–Crippen MR) is 58.9 cm³/mol. The Morgan fingerprint density at radius 1 is 1.21 bits per heavy atom. The van der Waals surface area contributed by atoms with Gasteiger partial charge in [-0.25, -0.2) is 0 Å². The highest BCUT2D eigenvalue weighted by Crippen LogP contribution is 2.13. The Morgan fingerprint density at radius 3 is 2.21 bits per heavy atom. The largest absolute Gasteiger partial charge is 0.383 e. The Hall–Kier alpha value is -1.57. The third-order valence-corrected chi connectivity index (χ3v) is 1.91. The molecule has 1 aromatic carbocycles. The Morgan fingerprint density at radius 2 is 1.79 bits per heavy atom. The van der Waals surface area contributed by atoms with E-state index in [2.05, 4.69) is 0 Å². The predicted octanol–water partition coefficient (Wildman–Crippen LogP) is 2.10. The number of carbonyl (C=O) groups excluding carboxylic acids is 1. The van der Waals surface area contributed by atoms with Gasteiger partial charge in [-0.1, -0.05) is 29.8 Å². The van der Waals surface area contributed by atoms with E-state index in [1.165, 1.54) is 5.56 Å². The van der Waals surface area contributed by atoms with E-state index < -0.39 is 0 Å². The highest BCUT2D eigenvalue weighted by Gasteiger charge is 1.99. The van der Waals surface area contributed by atoms with Crippen LogP contribution in [0.25, 0.3) is 5.57 Å². The summed E-state index contributed by atoms with van der Waals surface area (Å²) in [6.07, 6.45) is 2.70. The van der Waals surface area contributed by atoms with Gasteiger partial charge in [-0.15, -0.1) is 0 Å². The van der Waals surface area contributed by atoms with Gasteiger partial charge in [0.05, 0.1) is 0 Å². The van der Waals surface area contributed by atoms with Crippen molar-refractivity contribution in [2.75, 3.05) is 14.1 Å². The highest BCUT2D eigenvalue weighted by atomic mass is 16.1. The van der Waals surface area contributed by atoms with Gasteiger partial charge in [0.15, 0.2) is 6.29 Å². The Labute approximate surface area is 84.9 Å². The van der Waals surface area contributed by atoms with Gasteiger partial charge in [0.25, 0.3) is 0 Å². The van der Waals surface area contributed by atoms with E-state index in [1.54, 1.807) is 0 Å². The number of aldehydes is 1. The molecule has 0 bridgehead atoms. The van der Waals surface area contributed by atoms with Gasteiger partial charge in [-0.3, -0.25) is 4.79 Å². The van der Waals surface area contributed by atoms with Crippen molar-refractivity contribution in [3.8, 4) is 0 Å². The van der Waals surface area contributed by atoms with Crippen molar-refractivity contribution in [2.45, 2.75) is 6.92 Å². The smallest absolute Gasteiger partial charge is 0.152 e. The van der Waals surface area contributed by atoms with Gasteiger partial charge >= 0.3 is 0 Å². The van der Waals surface area contributed by atoms with Crippen LogP contribution < -0.4 is 0 Å². The Bertz CT molecular complexity index is 336. The first-order valence-electron chi connectivity index (χ1n) is 4.54. The quantitative estimate of drug-likeness (QED) is 0.536. The lowest BCUT2D eigenvalue weighted by Crippen LogP contribution is -2.03. The summed E-state index contributed by atoms with van der Waals surface area (Å²) >= 11 is 0. The second-order valence-corrected chi connectivity index (χ2v) is 3.53. The van der Waals surface area contributed by atoms with E-state index in [4.69, 9.17) is 0 Å². The molecular formula is C12H15NO. The molecule has 0 aliphatic rings. The third-order valence-electron chi connectivity index (χ3n) is 1.91. The standard InChI is InChI=1S/C12H15NO/c1-10-4-6-11(7-5-10)12(9-14)8-13(2)3/h4-9H,1-3H3/b12-8-. The fourth-order valence-electron chi connectivity index (χ4n) is 1.20. The number of allylic oxidation sites excluding steroid dienone is 1. The minimum atomic E-state index is 0.704. The molecule has 0 radical (unpaired) electrons. The maximum absolute atomic E-state index is 10.8. The Kier molecular flexibility index (Phi) is 3.46. The number of nitrogens with zero attached hydrogens (tertiary/aromatic N) is 1. The minimum Gasteiger partial charge on any atom is -0.383 e. The molecule has 14 heavy (non-hydrogen) atoms. The summed E-state index contributed by atoms with van der Waals surface area (Å²) in [7, 11) is 3.80. The zero-order valence-corrected chi connectivity index (χ0v) is 8.82. The molecule has 2 nitrogen and oxygen atoms in total. The summed E-state index contributed by atoms with van der Waals surface area (Å²) < 4.78 is 0. The van der Waals surface area contributed by atoms with Crippen LogP contribution in [-0.2, 0) is 4.79 Å². The van der Waals surface area contributed by atoms with E-state index in [1.807, 2.05) is 56.4 Å². The van der Waals surface area contributed by atoms with Crippen molar-refractivity contribution in [1.29, 1.82) is 0 Å². The molecule has 0 heterocycles. The molecule has 2 heteroatoms. The highest BCUT2D eigenvalue weighted by molar-refractivity contribution is 6.06. The van der Waals surface area contributed by atoms with Crippen molar-refractivity contribution < 1.29 is 4.79 Å². The summed E-state index contributed by atoms with van der Waals surface area (Å²) in [5.74, 6) is 0. The van der Waals surface area contributed by atoms with Crippen LogP contribution in [0.2, 0.25) is 0 Å². The van der Waals surface area contributed by atoms with Crippen LogP contribution in [0.3, 0.4) is 0 Å². The SMILES string of the molecule is Cc1ccc(/C(C=O)=C\N(C)C)cc1. The van der Waals surface area contributed by atoms with Crippen molar-refractivity contribution in [2.24, 2.45) is 0 Å². The van der Waals surface area contributed by atoms with Crippen LogP contribution in [0.15, 0.2) is 30.5 Å². The van der Waals surface area contributed by atoms with Crippen LogP contribution in [-0.4, -0.2) is 25.3 Å². The van der Waals surface area contributed by atoms with E-state index in [-0.39, 0.29) is 0 Å². The van der Waals surface area contributed by atoms with Gasteiger partial charge in [0, 0.05) is 25.9 Å². The first-order valence-corrected chi connectivity index (χ1v) is 4.54. The van der Waals surface area contributed by atoms with Crippen molar-refractivity contribution in [1.82, 2.24) is 4.90 Å². The molecule has 0 saturated heterocycles. The minimum absolute atomic E-state index is 0.704. The number of hydrogen-bond donors (Lipinski definition) is 0. The average molecular weight is 189 g/mol. The van der Waals surface area contributed by atoms with E-state index in [0.717, 1.165) is 11.8 Å². The molecule has 0 aliphatic heterocycles. The first kappa shape index (κ1) is 10.5. The molecule has 0 N–H and O–H groups in total.